The molecule has 1 atom stereocenters. The van der Waals surface area contributed by atoms with Crippen LogP contribution in [-0.4, -0.2) is 28.5 Å². The maximum atomic E-state index is 12.6. The largest absolute Gasteiger partial charge is 0.477 e. The molecule has 1 aromatic carbocycles. The van der Waals surface area contributed by atoms with Crippen LogP contribution in [0.4, 0.5) is 5.69 Å². The maximum absolute atomic E-state index is 12.6. The van der Waals surface area contributed by atoms with E-state index >= 15 is 0 Å². The van der Waals surface area contributed by atoms with Gasteiger partial charge >= 0.3 is 5.97 Å². The number of para-hydroxylation sites is 1. The van der Waals surface area contributed by atoms with E-state index in [-0.39, 0.29) is 17.5 Å². The van der Waals surface area contributed by atoms with Crippen LogP contribution < -0.4 is 4.90 Å². The van der Waals surface area contributed by atoms with E-state index in [1.807, 2.05) is 24.3 Å². The van der Waals surface area contributed by atoms with E-state index in [9.17, 15) is 9.59 Å². The van der Waals surface area contributed by atoms with Gasteiger partial charge in [0.15, 0.2) is 0 Å². The highest BCUT2D eigenvalue weighted by molar-refractivity contribution is 6.07. The predicted octanol–water partition coefficient (Wildman–Crippen LogP) is 2.54. The summed E-state index contributed by atoms with van der Waals surface area (Å²) in [6, 6.07) is 10.7. The number of amides is 1. The quantitative estimate of drug-likeness (QED) is 0.919. The van der Waals surface area contributed by atoms with Crippen LogP contribution in [0.5, 0.6) is 0 Å². The Kier molecular flexibility index (Phi) is 3.17. The van der Waals surface area contributed by atoms with Gasteiger partial charge < -0.3 is 10.0 Å². The summed E-state index contributed by atoms with van der Waals surface area (Å²) >= 11 is 0. The van der Waals surface area contributed by atoms with Crippen molar-refractivity contribution in [3.05, 3.63) is 59.4 Å². The molecule has 1 N–H and O–H groups in total. The average molecular weight is 282 g/mol. The van der Waals surface area contributed by atoms with Gasteiger partial charge in [-0.15, -0.1) is 0 Å². The maximum Gasteiger partial charge on any atom is 0.354 e. The zero-order valence-electron chi connectivity index (χ0n) is 11.5. The SMILES string of the molecule is CC1CN(C(=O)c2ccc(C(=O)O)nc2)c2ccccc21. The smallest absolute Gasteiger partial charge is 0.354 e. The lowest BCUT2D eigenvalue weighted by Gasteiger charge is -2.17. The van der Waals surface area contributed by atoms with Gasteiger partial charge in [0.25, 0.3) is 5.91 Å². The zero-order valence-corrected chi connectivity index (χ0v) is 11.5. The van der Waals surface area contributed by atoms with Crippen molar-refractivity contribution in [2.45, 2.75) is 12.8 Å². The third-order valence-electron chi connectivity index (χ3n) is 3.69. The average Bonchev–Trinajstić information content (AvgIpc) is 2.84. The van der Waals surface area contributed by atoms with Gasteiger partial charge in [-0.2, -0.15) is 0 Å². The molecule has 2 heterocycles. The highest BCUT2D eigenvalue weighted by Crippen LogP contribution is 2.36. The number of carboxylic acids is 1. The van der Waals surface area contributed by atoms with E-state index in [0.717, 1.165) is 11.3 Å². The van der Waals surface area contributed by atoms with E-state index in [1.54, 1.807) is 4.90 Å². The molecule has 106 valence electrons. The molecule has 2 aromatic rings. The molecular formula is C16H14N2O3. The van der Waals surface area contributed by atoms with Gasteiger partial charge in [0, 0.05) is 24.3 Å². The van der Waals surface area contributed by atoms with Crippen LogP contribution in [0.1, 0.15) is 39.3 Å². The Morgan fingerprint density at radius 2 is 2.00 bits per heavy atom. The molecule has 0 radical (unpaired) electrons. The molecule has 0 fully saturated rings. The van der Waals surface area contributed by atoms with Gasteiger partial charge in [-0.1, -0.05) is 25.1 Å². The van der Waals surface area contributed by atoms with Gasteiger partial charge in [0.2, 0.25) is 0 Å². The Bertz CT molecular complexity index is 710. The van der Waals surface area contributed by atoms with E-state index in [0.29, 0.717) is 12.1 Å². The first-order chi connectivity index (χ1) is 10.1. The molecule has 5 nitrogen and oxygen atoms in total. The summed E-state index contributed by atoms with van der Waals surface area (Å²) in [5.74, 6) is -0.971. The van der Waals surface area contributed by atoms with Crippen LogP contribution in [0, 0.1) is 0 Å². The minimum atomic E-state index is -1.10. The van der Waals surface area contributed by atoms with Crippen LogP contribution in [0.15, 0.2) is 42.6 Å². The topological polar surface area (TPSA) is 70.5 Å². The first kappa shape index (κ1) is 13.3. The fourth-order valence-electron chi connectivity index (χ4n) is 2.62. The molecule has 0 saturated carbocycles. The summed E-state index contributed by atoms with van der Waals surface area (Å²) in [6.45, 7) is 2.71. The second-order valence-corrected chi connectivity index (χ2v) is 5.11. The highest BCUT2D eigenvalue weighted by atomic mass is 16.4. The lowest BCUT2D eigenvalue weighted by molar-refractivity contribution is 0.0690. The van der Waals surface area contributed by atoms with Crippen LogP contribution in [0.3, 0.4) is 0 Å². The van der Waals surface area contributed by atoms with Crippen LogP contribution >= 0.6 is 0 Å². The number of carbonyl (C=O) groups is 2. The first-order valence-electron chi connectivity index (χ1n) is 6.68. The summed E-state index contributed by atoms with van der Waals surface area (Å²) in [6.07, 6.45) is 1.32. The van der Waals surface area contributed by atoms with Gasteiger partial charge in [-0.25, -0.2) is 9.78 Å². The normalized spacial score (nSPS) is 16.6. The van der Waals surface area contributed by atoms with Crippen molar-refractivity contribution in [2.24, 2.45) is 0 Å². The number of fused-ring (bicyclic) bond motifs is 1. The molecule has 1 aromatic heterocycles. The van der Waals surface area contributed by atoms with Gasteiger partial charge in [-0.05, 0) is 23.8 Å². The summed E-state index contributed by atoms with van der Waals surface area (Å²) in [7, 11) is 0. The van der Waals surface area contributed by atoms with Crippen molar-refractivity contribution in [1.29, 1.82) is 0 Å². The van der Waals surface area contributed by atoms with Crippen LogP contribution in [0.2, 0.25) is 0 Å². The monoisotopic (exact) mass is 282 g/mol. The van der Waals surface area contributed by atoms with E-state index < -0.39 is 5.97 Å². The number of nitrogens with zero attached hydrogens (tertiary/aromatic N) is 2. The minimum absolute atomic E-state index is 0.0678. The van der Waals surface area contributed by atoms with E-state index in [4.69, 9.17) is 5.11 Å². The molecule has 1 unspecified atom stereocenters. The molecule has 5 heteroatoms. The fourth-order valence-corrected chi connectivity index (χ4v) is 2.62. The third-order valence-corrected chi connectivity index (χ3v) is 3.69. The minimum Gasteiger partial charge on any atom is -0.477 e. The van der Waals surface area contributed by atoms with Crippen molar-refractivity contribution < 1.29 is 14.7 Å². The standard InChI is InChI=1S/C16H14N2O3/c1-10-9-18(14-5-3-2-4-12(10)14)15(19)11-6-7-13(16(20)21)17-8-11/h2-8,10H,9H2,1H3,(H,20,21). The number of aromatic carboxylic acids is 1. The van der Waals surface area contributed by atoms with Gasteiger partial charge in [0.05, 0.1) is 5.56 Å². The molecule has 21 heavy (non-hydrogen) atoms. The molecule has 0 spiro atoms. The van der Waals surface area contributed by atoms with E-state index in [2.05, 4.69) is 11.9 Å². The molecular weight excluding hydrogens is 268 g/mol. The second-order valence-electron chi connectivity index (χ2n) is 5.11. The third kappa shape index (κ3) is 2.27. The number of aromatic nitrogens is 1. The number of hydrogen-bond acceptors (Lipinski definition) is 3. The van der Waals surface area contributed by atoms with Gasteiger partial charge in [-0.3, -0.25) is 4.79 Å². The Hall–Kier alpha value is -2.69. The number of carboxylic acid groups (broad SMARTS) is 1. The molecule has 0 aliphatic carbocycles. The van der Waals surface area contributed by atoms with Crippen LogP contribution in [0.25, 0.3) is 0 Å². The Balaban J connectivity index is 1.91. The summed E-state index contributed by atoms with van der Waals surface area (Å²) < 4.78 is 0. The Morgan fingerprint density at radius 3 is 2.67 bits per heavy atom. The fraction of sp³-hybridized carbons (Fsp3) is 0.188. The second kappa shape index (κ2) is 5.01. The molecule has 1 aliphatic heterocycles. The molecule has 1 amide bonds. The zero-order chi connectivity index (χ0) is 15.0. The summed E-state index contributed by atoms with van der Waals surface area (Å²) in [5.41, 5.74) is 2.39. The highest BCUT2D eigenvalue weighted by Gasteiger charge is 2.30. The van der Waals surface area contributed by atoms with Crippen molar-refractivity contribution in [1.82, 2.24) is 4.98 Å². The number of carbonyl (C=O) groups excluding carboxylic acids is 1. The van der Waals surface area contributed by atoms with E-state index in [1.165, 1.54) is 18.3 Å². The summed E-state index contributed by atoms with van der Waals surface area (Å²) in [5, 5.41) is 8.83. The lowest BCUT2D eigenvalue weighted by Crippen LogP contribution is -2.29. The number of anilines is 1. The van der Waals surface area contributed by atoms with Crippen molar-refractivity contribution >= 4 is 17.6 Å². The van der Waals surface area contributed by atoms with Gasteiger partial charge in [0.1, 0.15) is 5.69 Å². The molecule has 1 aliphatic rings. The number of rotatable bonds is 2. The molecule has 0 saturated heterocycles. The molecule has 0 bridgehead atoms. The lowest BCUT2D eigenvalue weighted by atomic mass is 10.0. The first-order valence-corrected chi connectivity index (χ1v) is 6.68. The van der Waals surface area contributed by atoms with Crippen LogP contribution in [-0.2, 0) is 0 Å². The Labute approximate surface area is 121 Å². The van der Waals surface area contributed by atoms with Crippen molar-refractivity contribution in [2.75, 3.05) is 11.4 Å². The summed E-state index contributed by atoms with van der Waals surface area (Å²) in [4.78, 5) is 28.9. The predicted molar refractivity (Wildman–Crippen MR) is 77.7 cm³/mol. The molecule has 3 rings (SSSR count). The van der Waals surface area contributed by atoms with Crippen molar-refractivity contribution in [3.63, 3.8) is 0 Å². The van der Waals surface area contributed by atoms with Crippen molar-refractivity contribution in [3.8, 4) is 0 Å². The number of hydrogen-bond donors (Lipinski definition) is 1. The number of pyridine rings is 1. The Morgan fingerprint density at radius 1 is 1.24 bits per heavy atom. The number of benzene rings is 1.